The largest absolute Gasteiger partial charge is 0.321 e. The zero-order valence-corrected chi connectivity index (χ0v) is 18.1. The highest BCUT2D eigenvalue weighted by molar-refractivity contribution is 9.10. The van der Waals surface area contributed by atoms with Crippen molar-refractivity contribution in [1.82, 2.24) is 5.32 Å². The number of rotatable bonds is 3. The number of carbonyl (C=O) groups is 2. The van der Waals surface area contributed by atoms with Crippen LogP contribution in [-0.2, 0) is 4.79 Å². The van der Waals surface area contributed by atoms with Gasteiger partial charge in [-0.3, -0.25) is 4.79 Å². The molecule has 4 rings (SSSR count). The Morgan fingerprint density at radius 3 is 2.52 bits per heavy atom. The van der Waals surface area contributed by atoms with Crippen molar-refractivity contribution in [3.05, 3.63) is 94.2 Å². The second-order valence-corrected chi connectivity index (χ2v) is 7.80. The molecule has 31 heavy (non-hydrogen) atoms. The van der Waals surface area contributed by atoms with Gasteiger partial charge in [0.2, 0.25) is 6.17 Å². The zero-order valence-electron chi connectivity index (χ0n) is 16.5. The number of carbonyl (C=O) groups excluding carboxylic acids is 2. The highest BCUT2D eigenvalue weighted by atomic mass is 79.9. The molecule has 0 saturated heterocycles. The zero-order chi connectivity index (χ0) is 22.0. The maximum Gasteiger partial charge on any atom is 0.321 e. The Hall–Kier alpha value is -3.52. The van der Waals surface area contributed by atoms with Crippen molar-refractivity contribution >= 4 is 45.0 Å². The van der Waals surface area contributed by atoms with Gasteiger partial charge >= 0.3 is 6.03 Å². The average Bonchev–Trinajstić information content (AvgIpc) is 2.87. The van der Waals surface area contributed by atoms with Gasteiger partial charge in [0, 0.05) is 22.6 Å². The van der Waals surface area contributed by atoms with Crippen LogP contribution in [0.2, 0.25) is 0 Å². The number of benzodiazepines with no additional fused rings is 1. The third-order valence-electron chi connectivity index (χ3n) is 4.84. The second-order valence-electron chi connectivity index (χ2n) is 6.88. The number of aliphatic imine (C=N–C) groups is 1. The minimum Gasteiger partial charge on any atom is -0.311 e. The molecule has 6 nitrogen and oxygen atoms in total. The van der Waals surface area contributed by atoms with E-state index in [1.54, 1.807) is 13.1 Å². The molecular weight excluding hydrogens is 463 g/mol. The van der Waals surface area contributed by atoms with Crippen LogP contribution in [0, 0.1) is 5.82 Å². The summed E-state index contributed by atoms with van der Waals surface area (Å²) in [6.07, 6.45) is -1.19. The first-order valence-corrected chi connectivity index (χ1v) is 10.3. The first-order valence-electron chi connectivity index (χ1n) is 9.47. The lowest BCUT2D eigenvalue weighted by molar-refractivity contribution is -0.119. The van der Waals surface area contributed by atoms with Crippen LogP contribution in [0.4, 0.5) is 20.6 Å². The van der Waals surface area contributed by atoms with Crippen molar-refractivity contribution in [3.8, 4) is 0 Å². The standard InChI is InChI=1S/C23H18BrFN4O2/c1-29-19-10-6-5-9-16(19)20(14-7-3-2-4-8-14)27-21(22(29)30)28-23(31)26-18-12-11-15(24)13-17(18)25/h2-13,21H,1H3,(H2,26,28,31). The molecule has 2 N–H and O–H groups in total. The molecule has 0 bridgehead atoms. The van der Waals surface area contributed by atoms with Crippen molar-refractivity contribution in [2.75, 3.05) is 17.3 Å². The third-order valence-corrected chi connectivity index (χ3v) is 5.33. The van der Waals surface area contributed by atoms with Crippen molar-refractivity contribution in [2.24, 2.45) is 4.99 Å². The summed E-state index contributed by atoms with van der Waals surface area (Å²) in [4.78, 5) is 31.7. The van der Waals surface area contributed by atoms with Crippen LogP contribution in [0.25, 0.3) is 0 Å². The van der Waals surface area contributed by atoms with E-state index in [4.69, 9.17) is 0 Å². The summed E-state index contributed by atoms with van der Waals surface area (Å²) < 4.78 is 14.6. The number of hydrogen-bond donors (Lipinski definition) is 2. The van der Waals surface area contributed by atoms with E-state index in [2.05, 4.69) is 31.6 Å². The Kier molecular flexibility index (Phi) is 5.81. The quantitative estimate of drug-likeness (QED) is 0.576. The van der Waals surface area contributed by atoms with E-state index < -0.39 is 23.9 Å². The number of para-hydroxylation sites is 1. The van der Waals surface area contributed by atoms with Gasteiger partial charge < -0.3 is 15.5 Å². The first-order chi connectivity index (χ1) is 14.9. The molecule has 0 spiro atoms. The van der Waals surface area contributed by atoms with E-state index in [1.165, 1.54) is 17.0 Å². The van der Waals surface area contributed by atoms with E-state index in [-0.39, 0.29) is 5.69 Å². The number of nitrogens with zero attached hydrogens (tertiary/aromatic N) is 2. The van der Waals surface area contributed by atoms with E-state index in [9.17, 15) is 14.0 Å². The molecule has 3 aromatic carbocycles. The van der Waals surface area contributed by atoms with Gasteiger partial charge in [-0.2, -0.15) is 0 Å². The van der Waals surface area contributed by atoms with Crippen molar-refractivity contribution < 1.29 is 14.0 Å². The van der Waals surface area contributed by atoms with Gasteiger partial charge in [0.1, 0.15) is 5.82 Å². The highest BCUT2D eigenvalue weighted by Crippen LogP contribution is 2.27. The van der Waals surface area contributed by atoms with E-state index >= 15 is 0 Å². The fraction of sp³-hybridized carbons (Fsp3) is 0.0870. The molecule has 1 unspecified atom stereocenters. The smallest absolute Gasteiger partial charge is 0.311 e. The lowest BCUT2D eigenvalue weighted by Crippen LogP contribution is -2.47. The SMILES string of the molecule is CN1C(=O)C(NC(=O)Nc2ccc(Br)cc2F)N=C(c2ccccc2)c2ccccc21. The molecule has 8 heteroatoms. The summed E-state index contributed by atoms with van der Waals surface area (Å²) in [6, 6.07) is 20.4. The fourth-order valence-corrected chi connectivity index (χ4v) is 3.65. The number of anilines is 2. The number of halogens is 2. The molecule has 3 amide bonds. The van der Waals surface area contributed by atoms with Gasteiger partial charge in [0.25, 0.3) is 5.91 Å². The van der Waals surface area contributed by atoms with Crippen LogP contribution < -0.4 is 15.5 Å². The van der Waals surface area contributed by atoms with Crippen LogP contribution in [0.5, 0.6) is 0 Å². The van der Waals surface area contributed by atoms with Crippen LogP contribution in [0.3, 0.4) is 0 Å². The second kappa shape index (κ2) is 8.69. The molecule has 0 saturated carbocycles. The summed E-state index contributed by atoms with van der Waals surface area (Å²) in [7, 11) is 1.63. The van der Waals surface area contributed by atoms with E-state index in [1.807, 2.05) is 54.6 Å². The molecule has 1 heterocycles. The topological polar surface area (TPSA) is 73.8 Å². The molecule has 0 fully saturated rings. The predicted octanol–water partition coefficient (Wildman–Crippen LogP) is 4.55. The molecule has 1 atom stereocenters. The van der Waals surface area contributed by atoms with Gasteiger partial charge in [-0.15, -0.1) is 0 Å². The molecule has 0 radical (unpaired) electrons. The van der Waals surface area contributed by atoms with E-state index in [0.29, 0.717) is 15.9 Å². The average molecular weight is 481 g/mol. The normalized spacial score (nSPS) is 15.6. The van der Waals surface area contributed by atoms with Crippen LogP contribution >= 0.6 is 15.9 Å². The minimum atomic E-state index is -1.19. The molecule has 0 aliphatic carbocycles. The highest BCUT2D eigenvalue weighted by Gasteiger charge is 2.31. The Morgan fingerprint density at radius 2 is 1.77 bits per heavy atom. The summed E-state index contributed by atoms with van der Waals surface area (Å²) in [5, 5.41) is 4.99. The molecule has 3 aromatic rings. The number of hydrogen-bond acceptors (Lipinski definition) is 3. The Morgan fingerprint density at radius 1 is 1.06 bits per heavy atom. The Labute approximate surface area is 186 Å². The minimum absolute atomic E-state index is 0.00864. The van der Waals surface area contributed by atoms with Gasteiger partial charge in [-0.1, -0.05) is 64.5 Å². The number of likely N-dealkylation sites (N-methyl/N-ethyl adjacent to an activating group) is 1. The van der Waals surface area contributed by atoms with Crippen LogP contribution in [-0.4, -0.2) is 30.9 Å². The third kappa shape index (κ3) is 4.34. The molecular formula is C23H18BrFN4O2. The number of nitrogens with one attached hydrogen (secondary N) is 2. The molecule has 1 aliphatic rings. The van der Waals surface area contributed by atoms with Crippen molar-refractivity contribution in [2.45, 2.75) is 6.17 Å². The van der Waals surface area contributed by atoms with E-state index in [0.717, 1.165) is 11.1 Å². The van der Waals surface area contributed by atoms with Gasteiger partial charge in [0.15, 0.2) is 0 Å². The van der Waals surface area contributed by atoms with Gasteiger partial charge in [0.05, 0.1) is 17.1 Å². The van der Waals surface area contributed by atoms with Crippen LogP contribution in [0.1, 0.15) is 11.1 Å². The van der Waals surface area contributed by atoms with Gasteiger partial charge in [-0.25, -0.2) is 14.2 Å². The lowest BCUT2D eigenvalue weighted by Gasteiger charge is -2.21. The predicted molar refractivity (Wildman–Crippen MR) is 122 cm³/mol. The van der Waals surface area contributed by atoms with Gasteiger partial charge in [-0.05, 0) is 24.3 Å². The van der Waals surface area contributed by atoms with Crippen LogP contribution in [0.15, 0.2) is 82.3 Å². The van der Waals surface area contributed by atoms with Crippen molar-refractivity contribution in [1.29, 1.82) is 0 Å². The number of amides is 3. The summed E-state index contributed by atoms with van der Waals surface area (Å²) in [5.74, 6) is -1.01. The number of fused-ring (bicyclic) bond motifs is 1. The summed E-state index contributed by atoms with van der Waals surface area (Å²) in [5.41, 5.74) is 2.83. The number of benzene rings is 3. The first kappa shape index (κ1) is 20.7. The summed E-state index contributed by atoms with van der Waals surface area (Å²) in [6.45, 7) is 0. The molecule has 156 valence electrons. The Bertz CT molecular complexity index is 1180. The molecule has 0 aromatic heterocycles. The fourth-order valence-electron chi connectivity index (χ4n) is 3.32. The van der Waals surface area contributed by atoms with Crippen molar-refractivity contribution in [3.63, 3.8) is 0 Å². The number of urea groups is 1. The monoisotopic (exact) mass is 480 g/mol. The lowest BCUT2D eigenvalue weighted by atomic mass is 10.0. The maximum atomic E-state index is 14.1. The summed E-state index contributed by atoms with van der Waals surface area (Å²) >= 11 is 3.17. The Balaban J connectivity index is 1.68. The maximum absolute atomic E-state index is 14.1. The molecule has 1 aliphatic heterocycles.